The molecule has 0 bridgehead atoms. The summed E-state index contributed by atoms with van der Waals surface area (Å²) in [5.41, 5.74) is 1.08. The normalized spacial score (nSPS) is 11.8. The molecule has 0 saturated carbocycles. The summed E-state index contributed by atoms with van der Waals surface area (Å²) in [6.07, 6.45) is 2.94. The predicted molar refractivity (Wildman–Crippen MR) is 76.7 cm³/mol. The van der Waals surface area contributed by atoms with E-state index < -0.39 is 0 Å². The lowest BCUT2D eigenvalue weighted by molar-refractivity contribution is 0.248. The van der Waals surface area contributed by atoms with Crippen molar-refractivity contribution in [2.75, 3.05) is 13.1 Å². The van der Waals surface area contributed by atoms with Crippen molar-refractivity contribution in [2.45, 2.75) is 40.0 Å². The lowest BCUT2D eigenvalue weighted by Crippen LogP contribution is -2.35. The minimum absolute atomic E-state index is 0.160. The molecule has 0 aliphatic carbocycles. The smallest absolute Gasteiger partial charge is 0.123 e. The highest BCUT2D eigenvalue weighted by Crippen LogP contribution is 2.33. The molecule has 0 unspecified atom stereocenters. The van der Waals surface area contributed by atoms with Crippen molar-refractivity contribution in [2.24, 2.45) is 5.41 Å². The van der Waals surface area contributed by atoms with Crippen molar-refractivity contribution in [1.29, 1.82) is 0 Å². The number of nitrogens with one attached hydrogen (secondary N) is 1. The third kappa shape index (κ3) is 3.96. The van der Waals surface area contributed by atoms with Gasteiger partial charge in [0, 0.05) is 11.6 Å². The molecule has 0 radical (unpaired) electrons. The van der Waals surface area contributed by atoms with Crippen LogP contribution in [0.1, 0.15) is 39.2 Å². The first-order valence-corrected chi connectivity index (χ1v) is 7.09. The first kappa shape index (κ1) is 15.5. The van der Waals surface area contributed by atoms with Crippen LogP contribution < -0.4 is 5.32 Å². The van der Waals surface area contributed by atoms with Gasteiger partial charge in [-0.1, -0.05) is 32.4 Å². The molecule has 0 amide bonds. The fourth-order valence-corrected chi connectivity index (χ4v) is 2.47. The van der Waals surface area contributed by atoms with E-state index in [4.69, 9.17) is 11.6 Å². The van der Waals surface area contributed by atoms with E-state index in [2.05, 4.69) is 26.1 Å². The van der Waals surface area contributed by atoms with Crippen molar-refractivity contribution < 1.29 is 4.39 Å². The Kier molecular flexibility index (Phi) is 6.10. The summed E-state index contributed by atoms with van der Waals surface area (Å²) in [7, 11) is 0. The molecule has 18 heavy (non-hydrogen) atoms. The van der Waals surface area contributed by atoms with Crippen molar-refractivity contribution in [3.8, 4) is 0 Å². The van der Waals surface area contributed by atoms with Crippen LogP contribution in [0, 0.1) is 11.2 Å². The lowest BCUT2D eigenvalue weighted by atomic mass is 9.77. The SMILES string of the molecule is CCNCC(CC)(CC)Cc1cc(F)ccc1Cl. The molecule has 0 aliphatic heterocycles. The second-order valence-electron chi connectivity index (χ2n) is 4.90. The molecule has 0 heterocycles. The minimum atomic E-state index is -0.209. The van der Waals surface area contributed by atoms with Crippen LogP contribution in [0.4, 0.5) is 4.39 Å². The summed E-state index contributed by atoms with van der Waals surface area (Å²) in [6, 6.07) is 4.62. The largest absolute Gasteiger partial charge is 0.316 e. The average molecular weight is 272 g/mol. The summed E-state index contributed by atoms with van der Waals surface area (Å²) in [4.78, 5) is 0. The van der Waals surface area contributed by atoms with Crippen LogP contribution in [-0.4, -0.2) is 13.1 Å². The Morgan fingerprint density at radius 2 is 1.89 bits per heavy atom. The van der Waals surface area contributed by atoms with Gasteiger partial charge in [-0.2, -0.15) is 0 Å². The highest BCUT2D eigenvalue weighted by Gasteiger charge is 2.27. The zero-order valence-electron chi connectivity index (χ0n) is 11.5. The second-order valence-corrected chi connectivity index (χ2v) is 5.31. The first-order chi connectivity index (χ1) is 8.56. The quantitative estimate of drug-likeness (QED) is 0.773. The minimum Gasteiger partial charge on any atom is -0.316 e. The molecule has 3 heteroatoms. The Morgan fingerprint density at radius 3 is 2.44 bits per heavy atom. The lowest BCUT2D eigenvalue weighted by Gasteiger charge is -2.32. The molecule has 102 valence electrons. The molecular weight excluding hydrogens is 249 g/mol. The van der Waals surface area contributed by atoms with Crippen molar-refractivity contribution >= 4 is 11.6 Å². The van der Waals surface area contributed by atoms with Gasteiger partial charge in [0.25, 0.3) is 0 Å². The maximum absolute atomic E-state index is 13.3. The van der Waals surface area contributed by atoms with Crippen LogP contribution in [0.2, 0.25) is 5.02 Å². The van der Waals surface area contributed by atoms with Crippen LogP contribution in [-0.2, 0) is 6.42 Å². The van der Waals surface area contributed by atoms with Gasteiger partial charge in [0.1, 0.15) is 5.82 Å². The molecule has 1 rings (SSSR count). The first-order valence-electron chi connectivity index (χ1n) is 6.71. The topological polar surface area (TPSA) is 12.0 Å². The molecule has 0 saturated heterocycles. The molecule has 1 aromatic rings. The summed E-state index contributed by atoms with van der Waals surface area (Å²) < 4.78 is 13.3. The molecule has 0 atom stereocenters. The van der Waals surface area contributed by atoms with Gasteiger partial charge in [-0.3, -0.25) is 0 Å². The van der Waals surface area contributed by atoms with Gasteiger partial charge in [0.2, 0.25) is 0 Å². The maximum atomic E-state index is 13.3. The molecule has 1 aromatic carbocycles. The van der Waals surface area contributed by atoms with E-state index in [1.807, 2.05) is 0 Å². The molecule has 1 nitrogen and oxygen atoms in total. The van der Waals surface area contributed by atoms with E-state index in [1.165, 1.54) is 6.07 Å². The van der Waals surface area contributed by atoms with Gasteiger partial charge in [-0.05, 0) is 55.0 Å². The summed E-state index contributed by atoms with van der Waals surface area (Å²) >= 11 is 6.16. The van der Waals surface area contributed by atoms with Gasteiger partial charge < -0.3 is 5.32 Å². The van der Waals surface area contributed by atoms with Crippen molar-refractivity contribution in [1.82, 2.24) is 5.32 Å². The second kappa shape index (κ2) is 7.10. The summed E-state index contributed by atoms with van der Waals surface area (Å²) in [5, 5.41) is 4.07. The van der Waals surface area contributed by atoms with Crippen molar-refractivity contribution in [3.05, 3.63) is 34.6 Å². The van der Waals surface area contributed by atoms with Gasteiger partial charge in [0.05, 0.1) is 0 Å². The van der Waals surface area contributed by atoms with Crippen LogP contribution in [0.15, 0.2) is 18.2 Å². The van der Waals surface area contributed by atoms with Gasteiger partial charge in [-0.15, -0.1) is 0 Å². The summed E-state index contributed by atoms with van der Waals surface area (Å²) in [5.74, 6) is -0.209. The van der Waals surface area contributed by atoms with E-state index in [-0.39, 0.29) is 11.2 Å². The van der Waals surface area contributed by atoms with E-state index >= 15 is 0 Å². The zero-order valence-corrected chi connectivity index (χ0v) is 12.3. The Labute approximate surface area is 115 Å². The highest BCUT2D eigenvalue weighted by molar-refractivity contribution is 6.31. The van der Waals surface area contributed by atoms with Gasteiger partial charge in [-0.25, -0.2) is 4.39 Å². The standard InChI is InChI=1S/C15H23ClFN/c1-4-15(5-2,11-18-6-3)10-12-9-13(17)7-8-14(12)16/h7-9,18H,4-6,10-11H2,1-3H3. The van der Waals surface area contributed by atoms with Gasteiger partial charge in [0.15, 0.2) is 0 Å². The van der Waals surface area contributed by atoms with Crippen molar-refractivity contribution in [3.63, 3.8) is 0 Å². The molecule has 0 fully saturated rings. The molecule has 0 aliphatic rings. The van der Waals surface area contributed by atoms with Crippen LogP contribution in [0.5, 0.6) is 0 Å². The van der Waals surface area contributed by atoms with Crippen LogP contribution >= 0.6 is 11.6 Å². The Hall–Kier alpha value is -0.600. The van der Waals surface area contributed by atoms with E-state index in [0.29, 0.717) is 5.02 Å². The summed E-state index contributed by atoms with van der Waals surface area (Å²) in [6.45, 7) is 8.38. The number of benzene rings is 1. The average Bonchev–Trinajstić information content (AvgIpc) is 2.39. The molecular formula is C15H23ClFN. The number of halogens is 2. The predicted octanol–water partition coefficient (Wildman–Crippen LogP) is 4.44. The fourth-order valence-electron chi connectivity index (χ4n) is 2.29. The molecule has 0 aromatic heterocycles. The monoisotopic (exact) mass is 271 g/mol. The Bertz CT molecular complexity index is 375. The van der Waals surface area contributed by atoms with E-state index in [0.717, 1.165) is 37.9 Å². The zero-order chi connectivity index (χ0) is 13.6. The third-order valence-corrected chi connectivity index (χ3v) is 4.19. The fraction of sp³-hybridized carbons (Fsp3) is 0.600. The molecule has 1 N–H and O–H groups in total. The maximum Gasteiger partial charge on any atom is 0.123 e. The Morgan fingerprint density at radius 1 is 1.22 bits per heavy atom. The van der Waals surface area contributed by atoms with Crippen LogP contribution in [0.25, 0.3) is 0 Å². The highest BCUT2D eigenvalue weighted by atomic mass is 35.5. The number of rotatable bonds is 7. The van der Waals surface area contributed by atoms with E-state index in [1.54, 1.807) is 12.1 Å². The molecule has 0 spiro atoms. The van der Waals surface area contributed by atoms with Gasteiger partial charge >= 0.3 is 0 Å². The number of hydrogen-bond donors (Lipinski definition) is 1. The Balaban J connectivity index is 2.91. The number of hydrogen-bond acceptors (Lipinski definition) is 1. The third-order valence-electron chi connectivity index (χ3n) is 3.82. The van der Waals surface area contributed by atoms with E-state index in [9.17, 15) is 4.39 Å². The van der Waals surface area contributed by atoms with Crippen LogP contribution in [0.3, 0.4) is 0 Å².